The third-order valence-corrected chi connectivity index (χ3v) is 5.58. The molecule has 0 aliphatic carbocycles. The number of benzene rings is 4. The lowest BCUT2D eigenvalue weighted by atomic mass is 9.76. The number of amides is 1. The minimum Gasteiger partial charge on any atom is -0.508 e. The molecule has 3 N–H and O–H groups in total. The molecule has 1 unspecified atom stereocenters. The first-order chi connectivity index (χ1) is 15.6. The van der Waals surface area contributed by atoms with E-state index in [9.17, 15) is 9.90 Å². The fourth-order valence-electron chi connectivity index (χ4n) is 4.00. The van der Waals surface area contributed by atoms with Crippen LogP contribution in [0.4, 0.5) is 5.69 Å². The molecule has 4 nitrogen and oxygen atoms in total. The van der Waals surface area contributed by atoms with Gasteiger partial charge in [0.25, 0.3) is 0 Å². The van der Waals surface area contributed by atoms with Crippen molar-refractivity contribution in [2.75, 3.05) is 5.32 Å². The number of aromatic hydroxyl groups is 1. The lowest BCUT2D eigenvalue weighted by molar-refractivity contribution is -0.118. The van der Waals surface area contributed by atoms with E-state index in [1.54, 1.807) is 24.3 Å². The molecule has 160 valence electrons. The second-order valence-corrected chi connectivity index (χ2v) is 7.75. The molecular formula is C28H26N2O2. The molecule has 0 radical (unpaired) electrons. The molecule has 1 atom stereocenters. The average molecular weight is 423 g/mol. The van der Waals surface area contributed by atoms with Gasteiger partial charge in [-0.3, -0.25) is 10.1 Å². The number of carbonyl (C=O) groups is 1. The maximum Gasteiger partial charge on any atom is 0.241 e. The fourth-order valence-corrected chi connectivity index (χ4v) is 4.00. The van der Waals surface area contributed by atoms with Gasteiger partial charge in [-0.15, -0.1) is 0 Å². The predicted molar refractivity (Wildman–Crippen MR) is 129 cm³/mol. The van der Waals surface area contributed by atoms with Crippen LogP contribution in [0.15, 0.2) is 115 Å². The molecule has 4 aromatic carbocycles. The average Bonchev–Trinajstić information content (AvgIpc) is 2.85. The van der Waals surface area contributed by atoms with Crippen molar-refractivity contribution in [1.29, 1.82) is 0 Å². The van der Waals surface area contributed by atoms with Gasteiger partial charge in [-0.2, -0.15) is 0 Å². The van der Waals surface area contributed by atoms with Gasteiger partial charge in [0, 0.05) is 5.69 Å². The van der Waals surface area contributed by atoms with Crippen LogP contribution >= 0.6 is 0 Å². The molecular weight excluding hydrogens is 396 g/mol. The summed E-state index contributed by atoms with van der Waals surface area (Å²) in [5.41, 5.74) is 3.03. The van der Waals surface area contributed by atoms with Crippen molar-refractivity contribution in [1.82, 2.24) is 5.32 Å². The number of carbonyl (C=O) groups excluding carboxylic acids is 1. The molecule has 1 amide bonds. The lowest BCUT2D eigenvalue weighted by Gasteiger charge is -2.39. The van der Waals surface area contributed by atoms with Crippen molar-refractivity contribution >= 4 is 11.6 Å². The van der Waals surface area contributed by atoms with Crippen molar-refractivity contribution in [2.24, 2.45) is 0 Å². The molecule has 0 fully saturated rings. The summed E-state index contributed by atoms with van der Waals surface area (Å²) in [7, 11) is 0. The molecule has 4 rings (SSSR count). The normalized spacial score (nSPS) is 12.2. The second-order valence-electron chi connectivity index (χ2n) is 7.75. The summed E-state index contributed by atoms with van der Waals surface area (Å²) in [6, 6.07) is 36.5. The van der Waals surface area contributed by atoms with Crippen LogP contribution in [0.2, 0.25) is 0 Å². The van der Waals surface area contributed by atoms with Crippen molar-refractivity contribution in [3.05, 3.63) is 132 Å². The Hall–Kier alpha value is -3.89. The third-order valence-electron chi connectivity index (χ3n) is 5.58. The van der Waals surface area contributed by atoms with Crippen LogP contribution in [0.3, 0.4) is 0 Å². The molecule has 4 aromatic rings. The molecule has 0 aliphatic rings. The summed E-state index contributed by atoms with van der Waals surface area (Å²) in [5.74, 6) is -0.00622. The summed E-state index contributed by atoms with van der Waals surface area (Å²) < 4.78 is 0. The Balaban J connectivity index is 1.77. The molecule has 0 spiro atoms. The van der Waals surface area contributed by atoms with Crippen molar-refractivity contribution in [3.63, 3.8) is 0 Å². The molecule has 0 aromatic heterocycles. The Labute approximate surface area is 188 Å². The Morgan fingerprint density at radius 3 is 1.50 bits per heavy atom. The highest BCUT2D eigenvalue weighted by molar-refractivity contribution is 5.94. The van der Waals surface area contributed by atoms with Gasteiger partial charge < -0.3 is 10.4 Å². The second kappa shape index (κ2) is 9.50. The monoisotopic (exact) mass is 422 g/mol. The Morgan fingerprint density at radius 1 is 0.688 bits per heavy atom. The van der Waals surface area contributed by atoms with Crippen LogP contribution in [-0.4, -0.2) is 17.1 Å². The summed E-state index contributed by atoms with van der Waals surface area (Å²) in [6.07, 6.45) is 0. The van der Waals surface area contributed by atoms with Crippen LogP contribution in [0, 0.1) is 0 Å². The number of rotatable bonds is 7. The summed E-state index contributed by atoms with van der Waals surface area (Å²) in [4.78, 5) is 13.1. The third kappa shape index (κ3) is 4.41. The molecule has 0 heterocycles. The molecule has 0 saturated carbocycles. The number of anilines is 1. The van der Waals surface area contributed by atoms with Gasteiger partial charge in [-0.05, 0) is 47.9 Å². The minimum absolute atomic E-state index is 0.158. The van der Waals surface area contributed by atoms with E-state index in [1.165, 1.54) is 0 Å². The van der Waals surface area contributed by atoms with E-state index in [4.69, 9.17) is 0 Å². The molecule has 4 heteroatoms. The van der Waals surface area contributed by atoms with Crippen LogP contribution in [0.5, 0.6) is 5.75 Å². The maximum absolute atomic E-state index is 13.1. The fraction of sp³-hybridized carbons (Fsp3) is 0.107. The van der Waals surface area contributed by atoms with E-state index in [0.29, 0.717) is 5.69 Å². The summed E-state index contributed by atoms with van der Waals surface area (Å²) >= 11 is 0. The van der Waals surface area contributed by atoms with E-state index >= 15 is 0 Å². The molecule has 0 saturated heterocycles. The maximum atomic E-state index is 13.1. The highest BCUT2D eigenvalue weighted by atomic mass is 16.3. The summed E-state index contributed by atoms with van der Waals surface area (Å²) in [6.45, 7) is 1.86. The highest BCUT2D eigenvalue weighted by Gasteiger charge is 2.38. The first-order valence-corrected chi connectivity index (χ1v) is 10.6. The van der Waals surface area contributed by atoms with E-state index in [2.05, 4.69) is 47.0 Å². The van der Waals surface area contributed by atoms with Gasteiger partial charge in [0.2, 0.25) is 5.91 Å². The van der Waals surface area contributed by atoms with Gasteiger partial charge >= 0.3 is 0 Å². The van der Waals surface area contributed by atoms with E-state index in [-0.39, 0.29) is 11.7 Å². The van der Waals surface area contributed by atoms with Crippen LogP contribution in [0.1, 0.15) is 23.6 Å². The Morgan fingerprint density at radius 2 is 1.09 bits per heavy atom. The van der Waals surface area contributed by atoms with Gasteiger partial charge in [-0.1, -0.05) is 91.0 Å². The van der Waals surface area contributed by atoms with Gasteiger partial charge in [0.15, 0.2) is 0 Å². The van der Waals surface area contributed by atoms with Gasteiger partial charge in [0.05, 0.1) is 11.6 Å². The van der Waals surface area contributed by atoms with Crippen molar-refractivity contribution in [3.8, 4) is 5.75 Å². The SMILES string of the molecule is CC(NC(c1ccccc1)(c1ccccc1)c1ccccc1)C(=O)Nc1ccc(O)cc1. The quantitative estimate of drug-likeness (QED) is 0.280. The van der Waals surface area contributed by atoms with E-state index in [0.717, 1.165) is 16.7 Å². The molecule has 0 aliphatic heterocycles. The number of nitrogens with one attached hydrogen (secondary N) is 2. The largest absolute Gasteiger partial charge is 0.508 e. The number of phenolic OH excluding ortho intramolecular Hbond substituents is 1. The number of hydrogen-bond donors (Lipinski definition) is 3. The van der Waals surface area contributed by atoms with E-state index in [1.807, 2.05) is 61.5 Å². The number of phenols is 1. The zero-order valence-electron chi connectivity index (χ0n) is 17.9. The standard InChI is InChI=1S/C28H26N2O2/c1-21(27(32)29-25-17-19-26(31)20-18-25)30-28(22-11-5-2-6-12-22,23-13-7-3-8-14-23)24-15-9-4-10-16-24/h2-21,30-31H,1H3,(H,29,32). The predicted octanol–water partition coefficient (Wildman–Crippen LogP) is 5.30. The van der Waals surface area contributed by atoms with Gasteiger partial charge in [-0.25, -0.2) is 0 Å². The minimum atomic E-state index is -0.727. The smallest absolute Gasteiger partial charge is 0.241 e. The van der Waals surface area contributed by atoms with E-state index < -0.39 is 11.6 Å². The van der Waals surface area contributed by atoms with Crippen molar-refractivity contribution in [2.45, 2.75) is 18.5 Å². The Bertz CT molecular complexity index is 1050. The molecule has 32 heavy (non-hydrogen) atoms. The first-order valence-electron chi connectivity index (χ1n) is 10.6. The molecule has 0 bridgehead atoms. The Kier molecular flexibility index (Phi) is 6.34. The van der Waals surface area contributed by atoms with Crippen molar-refractivity contribution < 1.29 is 9.90 Å². The first kappa shape index (κ1) is 21.3. The zero-order chi connectivity index (χ0) is 22.4. The highest BCUT2D eigenvalue weighted by Crippen LogP contribution is 2.37. The topological polar surface area (TPSA) is 61.4 Å². The van der Waals surface area contributed by atoms with Crippen LogP contribution < -0.4 is 10.6 Å². The zero-order valence-corrected chi connectivity index (χ0v) is 17.9. The van der Waals surface area contributed by atoms with Crippen LogP contribution in [0.25, 0.3) is 0 Å². The van der Waals surface area contributed by atoms with Gasteiger partial charge in [0.1, 0.15) is 5.75 Å². The lowest BCUT2D eigenvalue weighted by Crippen LogP contribution is -2.52. The summed E-state index contributed by atoms with van der Waals surface area (Å²) in [5, 5.41) is 16.1. The number of hydrogen-bond acceptors (Lipinski definition) is 3. The van der Waals surface area contributed by atoms with Crippen LogP contribution in [-0.2, 0) is 10.3 Å².